The van der Waals surface area contributed by atoms with E-state index < -0.39 is 17.6 Å². The molecule has 30 heavy (non-hydrogen) atoms. The third-order valence-electron chi connectivity index (χ3n) is 3.79. The summed E-state index contributed by atoms with van der Waals surface area (Å²) in [6.07, 6.45) is -3.16. The highest BCUT2D eigenvalue weighted by molar-refractivity contribution is 5.96. The van der Waals surface area contributed by atoms with Crippen molar-refractivity contribution in [1.82, 2.24) is 5.43 Å². The molecule has 2 rings (SSSR count). The third-order valence-corrected chi connectivity index (χ3v) is 3.79. The van der Waals surface area contributed by atoms with Gasteiger partial charge in [0.15, 0.2) is 11.5 Å². The van der Waals surface area contributed by atoms with Gasteiger partial charge in [-0.15, -0.1) is 0 Å². The smallest absolute Gasteiger partial charge is 0.416 e. The quantitative estimate of drug-likeness (QED) is 0.469. The molecule has 2 aromatic carbocycles. The fourth-order valence-corrected chi connectivity index (χ4v) is 2.51. The standard InChI is InChI=1S/C21H23F3N2O4/c1-4-28-17-11-15(12-18(29-5-2)19(17)30-6-3)20(27)26-25-13-14-7-9-16(10-8-14)21(22,23)24/h7-13H,4-6H2,1-3H3,(H,26,27). The monoisotopic (exact) mass is 424 g/mol. The molecule has 0 saturated carbocycles. The molecule has 0 atom stereocenters. The number of hydrazone groups is 1. The zero-order valence-electron chi connectivity index (χ0n) is 16.9. The van der Waals surface area contributed by atoms with E-state index in [0.29, 0.717) is 42.6 Å². The number of hydrogen-bond acceptors (Lipinski definition) is 5. The highest BCUT2D eigenvalue weighted by Gasteiger charge is 2.29. The van der Waals surface area contributed by atoms with E-state index in [1.807, 2.05) is 6.92 Å². The zero-order chi connectivity index (χ0) is 22.1. The Hall–Kier alpha value is -3.23. The maximum absolute atomic E-state index is 12.6. The number of hydrogen-bond donors (Lipinski definition) is 1. The van der Waals surface area contributed by atoms with Crippen molar-refractivity contribution in [3.8, 4) is 17.2 Å². The number of benzene rings is 2. The first-order valence-electron chi connectivity index (χ1n) is 9.37. The largest absolute Gasteiger partial charge is 0.490 e. The van der Waals surface area contributed by atoms with Gasteiger partial charge in [0.25, 0.3) is 5.91 Å². The van der Waals surface area contributed by atoms with E-state index in [4.69, 9.17) is 14.2 Å². The second-order valence-electron chi connectivity index (χ2n) is 5.92. The fraction of sp³-hybridized carbons (Fsp3) is 0.333. The normalized spacial score (nSPS) is 11.4. The van der Waals surface area contributed by atoms with Crippen LogP contribution in [0, 0.1) is 0 Å². The minimum atomic E-state index is -4.41. The van der Waals surface area contributed by atoms with Gasteiger partial charge in [-0.05, 0) is 50.6 Å². The molecule has 0 heterocycles. The molecular formula is C21H23F3N2O4. The van der Waals surface area contributed by atoms with Crippen molar-refractivity contribution in [3.63, 3.8) is 0 Å². The summed E-state index contributed by atoms with van der Waals surface area (Å²) in [4.78, 5) is 12.5. The van der Waals surface area contributed by atoms with Crippen molar-refractivity contribution in [2.45, 2.75) is 26.9 Å². The van der Waals surface area contributed by atoms with Crippen molar-refractivity contribution >= 4 is 12.1 Å². The summed E-state index contributed by atoms with van der Waals surface area (Å²) in [6.45, 7) is 6.55. The van der Waals surface area contributed by atoms with Crippen LogP contribution in [0.5, 0.6) is 17.2 Å². The molecular weight excluding hydrogens is 401 g/mol. The number of ether oxygens (including phenoxy) is 3. The van der Waals surface area contributed by atoms with Crippen molar-refractivity contribution < 1.29 is 32.2 Å². The number of alkyl halides is 3. The zero-order valence-corrected chi connectivity index (χ0v) is 16.9. The van der Waals surface area contributed by atoms with Gasteiger partial charge in [-0.25, -0.2) is 5.43 Å². The number of amides is 1. The van der Waals surface area contributed by atoms with Gasteiger partial charge in [0.1, 0.15) is 0 Å². The van der Waals surface area contributed by atoms with Gasteiger partial charge in [0, 0.05) is 5.56 Å². The van der Waals surface area contributed by atoms with Crippen LogP contribution in [0.2, 0.25) is 0 Å². The summed E-state index contributed by atoms with van der Waals surface area (Å²) in [7, 11) is 0. The molecule has 0 aliphatic heterocycles. The maximum atomic E-state index is 12.6. The topological polar surface area (TPSA) is 69.2 Å². The highest BCUT2D eigenvalue weighted by atomic mass is 19.4. The van der Waals surface area contributed by atoms with Gasteiger partial charge in [-0.2, -0.15) is 18.3 Å². The lowest BCUT2D eigenvalue weighted by Crippen LogP contribution is -2.18. The van der Waals surface area contributed by atoms with Gasteiger partial charge >= 0.3 is 6.18 Å². The summed E-state index contributed by atoms with van der Waals surface area (Å²) in [5.74, 6) is 0.596. The molecule has 0 bridgehead atoms. The van der Waals surface area contributed by atoms with Crippen LogP contribution in [0.15, 0.2) is 41.5 Å². The van der Waals surface area contributed by atoms with E-state index in [2.05, 4.69) is 10.5 Å². The average Bonchev–Trinajstić information content (AvgIpc) is 2.70. The predicted molar refractivity (Wildman–Crippen MR) is 106 cm³/mol. The Morgan fingerprint density at radius 3 is 1.97 bits per heavy atom. The van der Waals surface area contributed by atoms with Crippen LogP contribution in [0.25, 0.3) is 0 Å². The Kier molecular flexibility index (Phi) is 8.08. The van der Waals surface area contributed by atoms with Crippen LogP contribution in [0.3, 0.4) is 0 Å². The van der Waals surface area contributed by atoms with Crippen molar-refractivity contribution in [2.75, 3.05) is 19.8 Å². The van der Waals surface area contributed by atoms with Crippen molar-refractivity contribution in [2.24, 2.45) is 5.10 Å². The molecule has 0 aromatic heterocycles. The van der Waals surface area contributed by atoms with E-state index >= 15 is 0 Å². The lowest BCUT2D eigenvalue weighted by atomic mass is 10.1. The Morgan fingerprint density at radius 2 is 1.50 bits per heavy atom. The SMILES string of the molecule is CCOc1cc(C(=O)NN=Cc2ccc(C(F)(F)F)cc2)cc(OCC)c1OCC. The average molecular weight is 424 g/mol. The molecule has 0 spiro atoms. The van der Waals surface area contributed by atoms with E-state index in [0.717, 1.165) is 12.1 Å². The molecule has 1 N–H and O–H groups in total. The van der Waals surface area contributed by atoms with Gasteiger partial charge in [-0.3, -0.25) is 4.79 Å². The molecule has 1 amide bonds. The Bertz CT molecular complexity index is 854. The van der Waals surface area contributed by atoms with Crippen LogP contribution in [-0.4, -0.2) is 31.9 Å². The van der Waals surface area contributed by atoms with E-state index in [1.54, 1.807) is 13.8 Å². The minimum Gasteiger partial charge on any atom is -0.490 e. The first-order chi connectivity index (χ1) is 14.3. The molecule has 2 aromatic rings. The summed E-state index contributed by atoms with van der Waals surface area (Å²) in [6, 6.07) is 7.43. The molecule has 0 radical (unpaired) electrons. The highest BCUT2D eigenvalue weighted by Crippen LogP contribution is 2.39. The first-order valence-corrected chi connectivity index (χ1v) is 9.37. The first kappa shape index (κ1) is 23.1. The van der Waals surface area contributed by atoms with Crippen LogP contribution in [0.4, 0.5) is 13.2 Å². The Labute approximate surface area is 172 Å². The fourth-order valence-electron chi connectivity index (χ4n) is 2.51. The van der Waals surface area contributed by atoms with E-state index in [9.17, 15) is 18.0 Å². The van der Waals surface area contributed by atoms with Crippen LogP contribution in [-0.2, 0) is 6.18 Å². The van der Waals surface area contributed by atoms with Crippen LogP contribution in [0.1, 0.15) is 42.3 Å². The van der Waals surface area contributed by atoms with E-state index in [1.165, 1.54) is 30.5 Å². The second-order valence-corrected chi connectivity index (χ2v) is 5.92. The lowest BCUT2D eigenvalue weighted by Gasteiger charge is -2.16. The van der Waals surface area contributed by atoms with Crippen LogP contribution < -0.4 is 19.6 Å². The number of rotatable bonds is 9. The number of nitrogens with zero attached hydrogens (tertiary/aromatic N) is 1. The Morgan fingerprint density at radius 1 is 0.967 bits per heavy atom. The Balaban J connectivity index is 2.18. The number of halogens is 3. The molecule has 0 aliphatic rings. The predicted octanol–water partition coefficient (Wildman–Crippen LogP) is 4.67. The molecule has 9 heteroatoms. The molecule has 0 saturated heterocycles. The van der Waals surface area contributed by atoms with Crippen molar-refractivity contribution in [1.29, 1.82) is 0 Å². The summed E-state index contributed by atoms with van der Waals surface area (Å²) < 4.78 is 54.5. The van der Waals surface area contributed by atoms with Gasteiger partial charge in [0.2, 0.25) is 5.75 Å². The molecule has 162 valence electrons. The summed E-state index contributed by atoms with van der Waals surface area (Å²) >= 11 is 0. The van der Waals surface area contributed by atoms with Gasteiger partial charge in [0.05, 0.1) is 31.6 Å². The molecule has 6 nitrogen and oxygen atoms in total. The summed E-state index contributed by atoms with van der Waals surface area (Å²) in [5.41, 5.74) is 2.21. The van der Waals surface area contributed by atoms with Crippen LogP contribution >= 0.6 is 0 Å². The second kappa shape index (κ2) is 10.5. The number of nitrogens with one attached hydrogen (secondary N) is 1. The van der Waals surface area contributed by atoms with E-state index in [-0.39, 0.29) is 5.56 Å². The van der Waals surface area contributed by atoms with Gasteiger partial charge < -0.3 is 14.2 Å². The van der Waals surface area contributed by atoms with Crippen molar-refractivity contribution in [3.05, 3.63) is 53.1 Å². The third kappa shape index (κ3) is 6.13. The maximum Gasteiger partial charge on any atom is 0.416 e. The minimum absolute atomic E-state index is 0.231. The molecule has 0 aliphatic carbocycles. The number of carbonyl (C=O) groups excluding carboxylic acids is 1. The lowest BCUT2D eigenvalue weighted by molar-refractivity contribution is -0.137. The number of carbonyl (C=O) groups is 1. The molecule has 0 fully saturated rings. The summed E-state index contributed by atoms with van der Waals surface area (Å²) in [5, 5.41) is 3.80. The van der Waals surface area contributed by atoms with Gasteiger partial charge in [-0.1, -0.05) is 12.1 Å². The molecule has 0 unspecified atom stereocenters.